The van der Waals surface area contributed by atoms with E-state index in [1.165, 1.54) is 15.9 Å². The molecule has 1 saturated heterocycles. The molecule has 0 aromatic heterocycles. The molecular weight excluding hydrogens is 524 g/mol. The maximum Gasteiger partial charge on any atom is 0.243 e. The monoisotopic (exact) mass is 557 g/mol. The number of likely N-dealkylation sites (N-methyl/N-ethyl adjacent to an activating group) is 1. The molecule has 3 aromatic rings. The Morgan fingerprint density at radius 2 is 1.73 bits per heavy atom. The van der Waals surface area contributed by atoms with Crippen molar-refractivity contribution in [3.63, 3.8) is 0 Å². The number of amides is 3. The number of fused-ring (bicyclic) bond motifs is 1. The first-order valence-electron chi connectivity index (χ1n) is 14.1. The Kier molecular flexibility index (Phi) is 6.88. The Balaban J connectivity index is 1.24. The van der Waals surface area contributed by atoms with Crippen LogP contribution < -0.4 is 10.2 Å². The first-order valence-corrected chi connectivity index (χ1v) is 14.1. The molecule has 1 aliphatic carbocycles. The number of carbonyl (C=O) groups is 3. The van der Waals surface area contributed by atoms with E-state index in [1.807, 2.05) is 67.6 Å². The second kappa shape index (κ2) is 10.4. The van der Waals surface area contributed by atoms with Crippen molar-refractivity contribution >= 4 is 23.4 Å². The van der Waals surface area contributed by atoms with Gasteiger partial charge in [-0.15, -0.1) is 0 Å². The normalized spacial score (nSPS) is 23.3. The summed E-state index contributed by atoms with van der Waals surface area (Å²) in [4.78, 5) is 42.9. The molecule has 3 amide bonds. The minimum Gasteiger partial charge on any atom is -0.343 e. The number of halogens is 2. The van der Waals surface area contributed by atoms with Crippen molar-refractivity contribution in [2.75, 3.05) is 18.5 Å². The third-order valence-corrected chi connectivity index (χ3v) is 8.95. The van der Waals surface area contributed by atoms with Crippen molar-refractivity contribution in [3.05, 3.63) is 101 Å². The molecule has 8 heteroatoms. The fourth-order valence-electron chi connectivity index (χ4n) is 6.27. The van der Waals surface area contributed by atoms with Gasteiger partial charge in [0.05, 0.1) is 18.5 Å². The molecule has 0 spiro atoms. The third-order valence-electron chi connectivity index (χ3n) is 8.95. The van der Waals surface area contributed by atoms with Crippen LogP contribution >= 0.6 is 0 Å². The summed E-state index contributed by atoms with van der Waals surface area (Å²) < 4.78 is 30.0. The van der Waals surface area contributed by atoms with Crippen LogP contribution in [0.3, 0.4) is 0 Å². The number of para-hydroxylation sites is 1. The lowest BCUT2D eigenvalue weighted by Gasteiger charge is -2.28. The Bertz CT molecular complexity index is 1510. The lowest BCUT2D eigenvalue weighted by molar-refractivity contribution is -0.139. The van der Waals surface area contributed by atoms with Gasteiger partial charge < -0.3 is 15.1 Å². The summed E-state index contributed by atoms with van der Waals surface area (Å²) in [6.07, 6.45) is 0.221. The molecule has 4 unspecified atom stereocenters. The van der Waals surface area contributed by atoms with Crippen LogP contribution in [-0.2, 0) is 19.8 Å². The molecule has 41 heavy (non-hydrogen) atoms. The minimum atomic E-state index is -1.37. The summed E-state index contributed by atoms with van der Waals surface area (Å²) >= 11 is 0. The number of hydrogen-bond acceptors (Lipinski definition) is 3. The van der Waals surface area contributed by atoms with Crippen LogP contribution in [0.25, 0.3) is 0 Å². The molecule has 6 rings (SSSR count). The Morgan fingerprint density at radius 1 is 1.02 bits per heavy atom. The second-order valence-corrected chi connectivity index (χ2v) is 11.8. The highest BCUT2D eigenvalue weighted by molar-refractivity contribution is 6.06. The van der Waals surface area contributed by atoms with E-state index in [1.54, 1.807) is 13.1 Å². The average Bonchev–Trinajstić information content (AvgIpc) is 3.52. The predicted molar refractivity (Wildman–Crippen MR) is 152 cm³/mol. The topological polar surface area (TPSA) is 69.7 Å². The van der Waals surface area contributed by atoms with Crippen LogP contribution in [0, 0.1) is 5.82 Å². The first-order chi connectivity index (χ1) is 19.7. The van der Waals surface area contributed by atoms with Crippen molar-refractivity contribution in [2.24, 2.45) is 0 Å². The van der Waals surface area contributed by atoms with E-state index in [0.29, 0.717) is 11.1 Å². The van der Waals surface area contributed by atoms with Gasteiger partial charge >= 0.3 is 0 Å². The standard InChI is InChI=1S/C33H33F2N3O3/c1-33(14-15-33)25-13-12-21(16-26(25)35)30(20-8-4-3-5-9-20)36-31(40)28-17-22(34)19-38(28)29(39)18-24-23-10-6-7-11-27(23)37(2)32(24)41/h3-13,16,22,24,28,30H,14-15,17-19H2,1-2H3,(H,36,40). The number of hydrogen-bond donors (Lipinski definition) is 1. The van der Waals surface area contributed by atoms with E-state index in [-0.39, 0.29) is 36.5 Å². The van der Waals surface area contributed by atoms with Gasteiger partial charge in [-0.25, -0.2) is 8.78 Å². The summed E-state index contributed by atoms with van der Waals surface area (Å²) in [5, 5.41) is 2.98. The van der Waals surface area contributed by atoms with Gasteiger partial charge in [-0.2, -0.15) is 0 Å². The highest BCUT2D eigenvalue weighted by atomic mass is 19.1. The molecule has 0 radical (unpaired) electrons. The fourth-order valence-corrected chi connectivity index (χ4v) is 6.27. The number of nitrogens with one attached hydrogen (secondary N) is 1. The maximum absolute atomic E-state index is 15.2. The smallest absolute Gasteiger partial charge is 0.243 e. The second-order valence-electron chi connectivity index (χ2n) is 11.8. The molecule has 1 saturated carbocycles. The highest BCUT2D eigenvalue weighted by Gasteiger charge is 2.44. The number of anilines is 1. The van der Waals surface area contributed by atoms with E-state index >= 15 is 4.39 Å². The van der Waals surface area contributed by atoms with Gasteiger partial charge in [-0.1, -0.05) is 67.6 Å². The van der Waals surface area contributed by atoms with Gasteiger partial charge in [0.15, 0.2) is 0 Å². The third kappa shape index (κ3) is 5.00. The Labute approximate surface area is 238 Å². The number of nitrogens with zero attached hydrogens (tertiary/aromatic N) is 2. The number of rotatable bonds is 7. The molecule has 4 atom stereocenters. The molecule has 2 aliphatic heterocycles. The highest BCUT2D eigenvalue weighted by Crippen LogP contribution is 2.48. The molecule has 6 nitrogen and oxygen atoms in total. The van der Waals surface area contributed by atoms with Crippen molar-refractivity contribution in [1.29, 1.82) is 0 Å². The van der Waals surface area contributed by atoms with E-state index in [4.69, 9.17) is 0 Å². The van der Waals surface area contributed by atoms with Crippen LogP contribution in [0.5, 0.6) is 0 Å². The number of carbonyl (C=O) groups excluding carboxylic acids is 3. The number of alkyl halides is 1. The van der Waals surface area contributed by atoms with Crippen LogP contribution in [0.15, 0.2) is 72.8 Å². The molecule has 3 aromatic carbocycles. The molecule has 212 valence electrons. The van der Waals surface area contributed by atoms with Crippen molar-refractivity contribution < 1.29 is 23.2 Å². The van der Waals surface area contributed by atoms with Crippen molar-refractivity contribution in [2.45, 2.75) is 62.2 Å². The van der Waals surface area contributed by atoms with E-state index < -0.39 is 36.0 Å². The molecule has 2 fully saturated rings. The molecular formula is C33H33F2N3O3. The summed E-state index contributed by atoms with van der Waals surface area (Å²) in [7, 11) is 1.67. The molecule has 1 N–H and O–H groups in total. The largest absolute Gasteiger partial charge is 0.343 e. The lowest BCUT2D eigenvalue weighted by atomic mass is 9.92. The summed E-state index contributed by atoms with van der Waals surface area (Å²) in [6.45, 7) is 1.82. The van der Waals surface area contributed by atoms with E-state index in [2.05, 4.69) is 5.32 Å². The van der Waals surface area contributed by atoms with E-state index in [0.717, 1.165) is 29.7 Å². The van der Waals surface area contributed by atoms with Gasteiger partial charge in [0.2, 0.25) is 17.7 Å². The van der Waals surface area contributed by atoms with Crippen molar-refractivity contribution in [1.82, 2.24) is 10.2 Å². The zero-order valence-electron chi connectivity index (χ0n) is 23.1. The summed E-state index contributed by atoms with van der Waals surface area (Å²) in [5.74, 6) is -2.16. The first kappa shape index (κ1) is 27.1. The van der Waals surface area contributed by atoms with Gasteiger partial charge in [-0.05, 0) is 52.6 Å². The van der Waals surface area contributed by atoms with Crippen LogP contribution in [0.2, 0.25) is 0 Å². The minimum absolute atomic E-state index is 0.139. The molecule has 3 aliphatic rings. The number of likely N-dealkylation sites (tertiary alicyclic amines) is 1. The Morgan fingerprint density at radius 3 is 2.44 bits per heavy atom. The van der Waals surface area contributed by atoms with Crippen LogP contribution in [0.4, 0.5) is 14.5 Å². The van der Waals surface area contributed by atoms with Crippen LogP contribution in [-0.4, -0.2) is 48.4 Å². The van der Waals surface area contributed by atoms with Gasteiger partial charge in [-0.3, -0.25) is 14.4 Å². The average molecular weight is 558 g/mol. The Hall–Kier alpha value is -4.07. The zero-order valence-corrected chi connectivity index (χ0v) is 23.1. The lowest BCUT2D eigenvalue weighted by Crippen LogP contribution is -2.47. The molecule has 2 heterocycles. The fraction of sp³-hybridized carbons (Fsp3) is 0.364. The predicted octanol–water partition coefficient (Wildman–Crippen LogP) is 5.17. The van der Waals surface area contributed by atoms with Gasteiger partial charge in [0.25, 0.3) is 0 Å². The molecule has 0 bridgehead atoms. The zero-order chi connectivity index (χ0) is 28.9. The van der Waals surface area contributed by atoms with Crippen LogP contribution in [0.1, 0.15) is 66.8 Å². The number of benzene rings is 3. The van der Waals surface area contributed by atoms with Gasteiger partial charge in [0.1, 0.15) is 18.0 Å². The maximum atomic E-state index is 15.2. The quantitative estimate of drug-likeness (QED) is 0.436. The SMILES string of the molecule is CN1C(=O)C(CC(=O)N2CC(F)CC2C(=O)NC(c2ccccc2)c2ccc(C3(C)CC3)c(F)c2)c2ccccc21. The van der Waals surface area contributed by atoms with Crippen molar-refractivity contribution in [3.8, 4) is 0 Å². The summed E-state index contributed by atoms with van der Waals surface area (Å²) in [5.41, 5.74) is 3.33. The van der Waals surface area contributed by atoms with E-state index in [9.17, 15) is 18.8 Å². The van der Waals surface area contributed by atoms with Gasteiger partial charge in [0, 0.05) is 25.6 Å². The summed E-state index contributed by atoms with van der Waals surface area (Å²) in [6, 6.07) is 19.8.